The molecule has 1 N–H and O–H groups in total. The van der Waals surface area contributed by atoms with Crippen LogP contribution in [0.15, 0.2) is 29.2 Å². The average Bonchev–Trinajstić information content (AvgIpc) is 2.48. The van der Waals surface area contributed by atoms with Crippen LogP contribution >= 0.6 is 0 Å². The summed E-state index contributed by atoms with van der Waals surface area (Å²) in [5, 5.41) is 19.9. The minimum atomic E-state index is -3.87. The lowest BCUT2D eigenvalue weighted by molar-refractivity contribution is -0.384. The fraction of sp³-hybridized carbons (Fsp3) is 0.462. The highest BCUT2D eigenvalue weighted by molar-refractivity contribution is 7.89. The molecule has 1 fully saturated rings. The van der Waals surface area contributed by atoms with Crippen molar-refractivity contribution >= 4 is 15.7 Å². The van der Waals surface area contributed by atoms with Crippen molar-refractivity contribution in [2.75, 3.05) is 0 Å². The van der Waals surface area contributed by atoms with E-state index in [4.69, 9.17) is 0 Å². The van der Waals surface area contributed by atoms with Crippen LogP contribution in [0, 0.1) is 21.4 Å². The molecule has 1 aromatic carbocycles. The first kappa shape index (κ1) is 15.4. The molecule has 0 aliphatic heterocycles. The van der Waals surface area contributed by atoms with E-state index in [1.807, 2.05) is 0 Å². The smallest absolute Gasteiger partial charge is 0.258 e. The molecule has 0 aromatic heterocycles. The molecule has 7 nitrogen and oxygen atoms in total. The van der Waals surface area contributed by atoms with Gasteiger partial charge in [0, 0.05) is 12.1 Å². The number of sulfonamides is 1. The highest BCUT2D eigenvalue weighted by Crippen LogP contribution is 2.29. The van der Waals surface area contributed by atoms with Crippen LogP contribution in [-0.2, 0) is 10.0 Å². The summed E-state index contributed by atoms with van der Waals surface area (Å²) in [5.41, 5.74) is -1.25. The second-order valence-electron chi connectivity index (χ2n) is 5.11. The first-order chi connectivity index (χ1) is 9.88. The molecule has 0 radical (unpaired) electrons. The van der Waals surface area contributed by atoms with Crippen LogP contribution in [0.1, 0.15) is 32.1 Å². The zero-order valence-electron chi connectivity index (χ0n) is 11.3. The van der Waals surface area contributed by atoms with Gasteiger partial charge in [-0.2, -0.15) is 9.98 Å². The highest BCUT2D eigenvalue weighted by Gasteiger charge is 2.36. The predicted molar refractivity (Wildman–Crippen MR) is 74.8 cm³/mol. The van der Waals surface area contributed by atoms with Crippen molar-refractivity contribution in [2.24, 2.45) is 0 Å². The van der Waals surface area contributed by atoms with Gasteiger partial charge in [-0.15, -0.1) is 0 Å². The van der Waals surface area contributed by atoms with E-state index in [0.29, 0.717) is 12.8 Å². The molecule has 0 heterocycles. The summed E-state index contributed by atoms with van der Waals surface area (Å²) in [4.78, 5) is 9.90. The summed E-state index contributed by atoms with van der Waals surface area (Å²) < 4.78 is 27.1. The van der Waals surface area contributed by atoms with Crippen molar-refractivity contribution in [3.8, 4) is 6.07 Å². The largest absolute Gasteiger partial charge is 0.269 e. The van der Waals surface area contributed by atoms with Crippen molar-refractivity contribution in [1.29, 1.82) is 5.26 Å². The minimum absolute atomic E-state index is 0.0756. The Morgan fingerprint density at radius 1 is 1.19 bits per heavy atom. The average molecular weight is 309 g/mol. The Morgan fingerprint density at radius 3 is 2.24 bits per heavy atom. The van der Waals surface area contributed by atoms with Crippen molar-refractivity contribution in [3.05, 3.63) is 34.4 Å². The standard InChI is InChI=1S/C13H15N3O4S/c14-10-13(8-2-1-3-9-13)15-21(19,20)12-6-4-11(5-7-12)16(17)18/h4-7,15H,1-3,8-9H2. The number of hydrogen-bond acceptors (Lipinski definition) is 5. The first-order valence-electron chi connectivity index (χ1n) is 6.58. The summed E-state index contributed by atoms with van der Waals surface area (Å²) in [6.45, 7) is 0. The Morgan fingerprint density at radius 2 is 1.76 bits per heavy atom. The molecular formula is C13H15N3O4S. The topological polar surface area (TPSA) is 113 Å². The van der Waals surface area contributed by atoms with E-state index in [1.165, 1.54) is 12.1 Å². The van der Waals surface area contributed by atoms with Crippen LogP contribution < -0.4 is 4.72 Å². The molecular weight excluding hydrogens is 294 g/mol. The molecule has 0 saturated heterocycles. The molecule has 0 atom stereocenters. The molecule has 0 unspecified atom stereocenters. The van der Waals surface area contributed by atoms with Crippen LogP contribution in [0.25, 0.3) is 0 Å². The highest BCUT2D eigenvalue weighted by atomic mass is 32.2. The van der Waals surface area contributed by atoms with Gasteiger partial charge in [-0.25, -0.2) is 8.42 Å². The van der Waals surface area contributed by atoms with Crippen molar-refractivity contribution < 1.29 is 13.3 Å². The molecule has 1 aromatic rings. The molecule has 21 heavy (non-hydrogen) atoms. The van der Waals surface area contributed by atoms with Crippen LogP contribution in [0.3, 0.4) is 0 Å². The summed E-state index contributed by atoms with van der Waals surface area (Å²) in [7, 11) is -3.87. The fourth-order valence-electron chi connectivity index (χ4n) is 2.46. The lowest BCUT2D eigenvalue weighted by Crippen LogP contribution is -2.48. The number of non-ortho nitro benzene ring substituents is 1. The van der Waals surface area contributed by atoms with Crippen molar-refractivity contribution in [3.63, 3.8) is 0 Å². The third kappa shape index (κ3) is 3.37. The molecule has 0 bridgehead atoms. The van der Waals surface area contributed by atoms with E-state index >= 15 is 0 Å². The third-order valence-corrected chi connectivity index (χ3v) is 5.16. The van der Waals surface area contributed by atoms with Crippen molar-refractivity contribution in [1.82, 2.24) is 4.72 Å². The monoisotopic (exact) mass is 309 g/mol. The third-order valence-electron chi connectivity index (χ3n) is 3.61. The summed E-state index contributed by atoms with van der Waals surface area (Å²) in [5.74, 6) is 0. The maximum Gasteiger partial charge on any atom is 0.269 e. The van der Waals surface area contributed by atoms with Gasteiger partial charge in [0.15, 0.2) is 0 Å². The molecule has 1 aliphatic rings. The number of nitro groups is 1. The molecule has 1 saturated carbocycles. The number of nitriles is 1. The van der Waals surface area contributed by atoms with Gasteiger partial charge in [0.25, 0.3) is 5.69 Å². The number of nitrogens with one attached hydrogen (secondary N) is 1. The van der Waals surface area contributed by atoms with Gasteiger partial charge in [-0.3, -0.25) is 10.1 Å². The van der Waals surface area contributed by atoms with Gasteiger partial charge in [0.1, 0.15) is 5.54 Å². The minimum Gasteiger partial charge on any atom is -0.258 e. The zero-order chi connectivity index (χ0) is 15.5. The van der Waals surface area contributed by atoms with Gasteiger partial charge < -0.3 is 0 Å². The lowest BCUT2D eigenvalue weighted by Gasteiger charge is -2.31. The maximum atomic E-state index is 12.3. The number of rotatable bonds is 4. The Labute approximate surface area is 122 Å². The zero-order valence-corrected chi connectivity index (χ0v) is 12.1. The van der Waals surface area contributed by atoms with Crippen LogP contribution in [0.2, 0.25) is 0 Å². The van der Waals surface area contributed by atoms with Gasteiger partial charge in [-0.1, -0.05) is 19.3 Å². The molecule has 8 heteroatoms. The molecule has 0 spiro atoms. The van der Waals surface area contributed by atoms with Gasteiger partial charge in [-0.05, 0) is 25.0 Å². The second-order valence-corrected chi connectivity index (χ2v) is 6.79. The Bertz CT molecular complexity index is 670. The van der Waals surface area contributed by atoms with E-state index < -0.39 is 20.5 Å². The number of nitrogens with zero attached hydrogens (tertiary/aromatic N) is 2. The normalized spacial score (nSPS) is 17.9. The summed E-state index contributed by atoms with van der Waals surface area (Å²) >= 11 is 0. The second kappa shape index (κ2) is 5.79. The van der Waals surface area contributed by atoms with Crippen LogP contribution in [0.4, 0.5) is 5.69 Å². The van der Waals surface area contributed by atoms with E-state index in [9.17, 15) is 23.8 Å². The number of benzene rings is 1. The van der Waals surface area contributed by atoms with E-state index in [-0.39, 0.29) is 10.6 Å². The SMILES string of the molecule is N#CC1(NS(=O)(=O)c2ccc([N+](=O)[O-])cc2)CCCCC1. The lowest BCUT2D eigenvalue weighted by atomic mass is 9.84. The molecule has 112 valence electrons. The Kier molecular flexibility index (Phi) is 4.25. The molecule has 2 rings (SSSR count). The van der Waals surface area contributed by atoms with Gasteiger partial charge in [0.05, 0.1) is 15.9 Å². The molecule has 0 amide bonds. The number of nitro benzene ring substituents is 1. The van der Waals surface area contributed by atoms with Crippen molar-refractivity contribution in [2.45, 2.75) is 42.5 Å². The first-order valence-corrected chi connectivity index (χ1v) is 8.07. The van der Waals surface area contributed by atoms with Gasteiger partial charge in [0.2, 0.25) is 10.0 Å². The Balaban J connectivity index is 2.25. The molecule has 1 aliphatic carbocycles. The summed E-state index contributed by atoms with van der Waals surface area (Å²) in [6.07, 6.45) is 3.56. The van der Waals surface area contributed by atoms with Crippen LogP contribution in [-0.4, -0.2) is 18.9 Å². The fourth-order valence-corrected chi connectivity index (χ4v) is 3.83. The van der Waals surface area contributed by atoms with E-state index in [2.05, 4.69) is 10.8 Å². The Hall–Kier alpha value is -1.98. The quantitative estimate of drug-likeness (QED) is 0.676. The van der Waals surface area contributed by atoms with Crippen LogP contribution in [0.5, 0.6) is 0 Å². The van der Waals surface area contributed by atoms with Gasteiger partial charge >= 0.3 is 0 Å². The maximum absolute atomic E-state index is 12.3. The summed E-state index contributed by atoms with van der Waals surface area (Å²) in [6, 6.07) is 6.69. The number of hydrogen-bond donors (Lipinski definition) is 1. The predicted octanol–water partition coefficient (Wildman–Crippen LogP) is 2.10. The van der Waals surface area contributed by atoms with E-state index in [0.717, 1.165) is 31.4 Å². The van der Waals surface area contributed by atoms with E-state index in [1.54, 1.807) is 0 Å².